The predicted octanol–water partition coefficient (Wildman–Crippen LogP) is 6.03. The maximum absolute atomic E-state index is 13.7. The molecule has 1 unspecified atom stereocenters. The molecule has 2 heterocycles. The van der Waals surface area contributed by atoms with Gasteiger partial charge in [-0.2, -0.15) is 5.10 Å². The van der Waals surface area contributed by atoms with Crippen molar-refractivity contribution >= 4 is 40.6 Å². The number of hydrogen-bond acceptors (Lipinski definition) is 5. The second-order valence-electron chi connectivity index (χ2n) is 8.95. The van der Waals surface area contributed by atoms with Gasteiger partial charge in [-0.25, -0.2) is 4.68 Å². The van der Waals surface area contributed by atoms with Crippen molar-refractivity contribution < 1.29 is 14.3 Å². The first kappa shape index (κ1) is 25.1. The lowest BCUT2D eigenvalue weighted by molar-refractivity contribution is -0.113. The minimum atomic E-state index is -0.638. The third-order valence-corrected chi connectivity index (χ3v) is 6.58. The Morgan fingerprint density at radius 3 is 2.47 bits per heavy atom. The summed E-state index contributed by atoms with van der Waals surface area (Å²) < 4.78 is 7.04. The average molecular weight is 528 g/mol. The fourth-order valence-electron chi connectivity index (χ4n) is 4.47. The molecule has 0 saturated carbocycles. The number of carbonyl (C=O) groups excluding carboxylic acids is 2. The van der Waals surface area contributed by atoms with Crippen molar-refractivity contribution in [1.82, 2.24) is 9.78 Å². The van der Waals surface area contributed by atoms with Gasteiger partial charge in [0.05, 0.1) is 24.6 Å². The Balaban J connectivity index is 1.54. The number of carbonyl (C=O) groups is 2. The molecule has 9 heteroatoms. The lowest BCUT2D eigenvalue weighted by Gasteiger charge is -2.30. The third-order valence-electron chi connectivity index (χ3n) is 6.34. The molecular weight excluding hydrogens is 502 g/mol. The standard InChI is InChI=1S/C29H26ClN5O3/c1-17-11-13-21(14-12-17)33-28(36)22-16-31-35-26(19-7-6-8-20(30)15-19)25(18(2)32-27(22)35)29(37)34-23-9-4-5-10-24(23)38-3/h4-16,26,32H,1-3H3,(H,33,36)(H,34,37). The van der Waals surface area contributed by atoms with Gasteiger partial charge in [-0.3, -0.25) is 9.59 Å². The molecule has 1 aliphatic rings. The lowest BCUT2D eigenvalue weighted by atomic mass is 9.94. The highest BCUT2D eigenvalue weighted by Crippen LogP contribution is 2.39. The topological polar surface area (TPSA) is 97.3 Å². The van der Waals surface area contributed by atoms with Crippen LogP contribution in [0, 0.1) is 6.92 Å². The number of aromatic nitrogens is 2. The fraction of sp³-hybridized carbons (Fsp3) is 0.138. The number of nitrogens with zero attached hydrogens (tertiary/aromatic N) is 2. The molecule has 192 valence electrons. The first-order valence-electron chi connectivity index (χ1n) is 12.0. The van der Waals surface area contributed by atoms with Crippen LogP contribution in [0.15, 0.2) is 90.3 Å². The van der Waals surface area contributed by atoms with E-state index < -0.39 is 6.04 Å². The van der Waals surface area contributed by atoms with Gasteiger partial charge in [0.25, 0.3) is 11.8 Å². The molecule has 0 fully saturated rings. The van der Waals surface area contributed by atoms with Gasteiger partial charge in [-0.15, -0.1) is 0 Å². The molecule has 1 aliphatic heterocycles. The number of methoxy groups -OCH3 is 1. The van der Waals surface area contributed by atoms with Crippen LogP contribution in [0.2, 0.25) is 5.02 Å². The molecule has 8 nitrogen and oxygen atoms in total. The zero-order valence-electron chi connectivity index (χ0n) is 21.1. The molecule has 3 N–H and O–H groups in total. The summed E-state index contributed by atoms with van der Waals surface area (Å²) in [5.74, 6) is 0.362. The second kappa shape index (κ2) is 10.4. The summed E-state index contributed by atoms with van der Waals surface area (Å²) in [6.07, 6.45) is 1.50. The van der Waals surface area contributed by atoms with Gasteiger partial charge in [-0.05, 0) is 55.8 Å². The number of para-hydroxylation sites is 2. The van der Waals surface area contributed by atoms with E-state index in [9.17, 15) is 9.59 Å². The van der Waals surface area contributed by atoms with Gasteiger partial charge in [0.15, 0.2) is 0 Å². The summed E-state index contributed by atoms with van der Waals surface area (Å²) in [6.45, 7) is 3.78. The molecule has 5 rings (SSSR count). The SMILES string of the molecule is COc1ccccc1NC(=O)C1=C(C)Nc2c(C(=O)Nc3ccc(C)cc3)cnn2C1c1cccc(Cl)c1. The zero-order valence-corrected chi connectivity index (χ0v) is 21.8. The van der Waals surface area contributed by atoms with E-state index in [0.717, 1.165) is 11.1 Å². The van der Waals surface area contributed by atoms with E-state index in [-0.39, 0.29) is 11.8 Å². The molecule has 0 bridgehead atoms. The Labute approximate surface area is 225 Å². The molecule has 3 aromatic carbocycles. The maximum atomic E-state index is 13.7. The number of amides is 2. The largest absolute Gasteiger partial charge is 0.495 e. The predicted molar refractivity (Wildman–Crippen MR) is 149 cm³/mol. The Hall–Kier alpha value is -4.56. The summed E-state index contributed by atoms with van der Waals surface area (Å²) in [6, 6.07) is 21.3. The van der Waals surface area contributed by atoms with Gasteiger partial charge in [-0.1, -0.05) is 53.6 Å². The smallest absolute Gasteiger partial charge is 0.261 e. The van der Waals surface area contributed by atoms with Crippen molar-refractivity contribution in [2.75, 3.05) is 23.1 Å². The summed E-state index contributed by atoms with van der Waals surface area (Å²) in [7, 11) is 1.55. The Kier molecular flexibility index (Phi) is 6.89. The van der Waals surface area contributed by atoms with Crippen LogP contribution in [0.1, 0.15) is 34.5 Å². The fourth-order valence-corrected chi connectivity index (χ4v) is 4.67. The monoisotopic (exact) mass is 527 g/mol. The van der Waals surface area contributed by atoms with Crippen molar-refractivity contribution in [1.29, 1.82) is 0 Å². The Morgan fingerprint density at radius 2 is 1.74 bits per heavy atom. The lowest BCUT2D eigenvalue weighted by Crippen LogP contribution is -2.32. The highest BCUT2D eigenvalue weighted by atomic mass is 35.5. The minimum Gasteiger partial charge on any atom is -0.495 e. The van der Waals surface area contributed by atoms with Crippen molar-refractivity contribution in [3.05, 3.63) is 112 Å². The van der Waals surface area contributed by atoms with Crippen LogP contribution in [0.25, 0.3) is 0 Å². The number of anilines is 3. The molecule has 1 aromatic heterocycles. The van der Waals surface area contributed by atoms with Crippen LogP contribution in [0.5, 0.6) is 5.75 Å². The zero-order chi connectivity index (χ0) is 26.8. The molecule has 4 aromatic rings. The number of rotatable bonds is 6. The first-order chi connectivity index (χ1) is 18.4. The quantitative estimate of drug-likeness (QED) is 0.284. The van der Waals surface area contributed by atoms with Gasteiger partial charge >= 0.3 is 0 Å². The summed E-state index contributed by atoms with van der Waals surface area (Å²) in [4.78, 5) is 26.9. The van der Waals surface area contributed by atoms with E-state index in [1.54, 1.807) is 43.0 Å². The molecule has 2 amide bonds. The van der Waals surface area contributed by atoms with E-state index in [1.165, 1.54) is 6.20 Å². The number of halogens is 1. The van der Waals surface area contributed by atoms with E-state index >= 15 is 0 Å². The van der Waals surface area contributed by atoms with Crippen molar-refractivity contribution in [2.24, 2.45) is 0 Å². The average Bonchev–Trinajstić information content (AvgIpc) is 3.33. The molecule has 0 saturated heterocycles. The van der Waals surface area contributed by atoms with Crippen LogP contribution >= 0.6 is 11.6 Å². The van der Waals surface area contributed by atoms with Crippen LogP contribution in [0.3, 0.4) is 0 Å². The van der Waals surface area contributed by atoms with E-state index in [2.05, 4.69) is 21.0 Å². The highest BCUT2D eigenvalue weighted by molar-refractivity contribution is 6.30. The molecule has 1 atom stereocenters. The van der Waals surface area contributed by atoms with Gasteiger partial charge in [0.1, 0.15) is 23.2 Å². The van der Waals surface area contributed by atoms with Crippen LogP contribution in [-0.4, -0.2) is 28.7 Å². The normalized spacial score (nSPS) is 14.4. The highest BCUT2D eigenvalue weighted by Gasteiger charge is 2.35. The van der Waals surface area contributed by atoms with Crippen molar-refractivity contribution in [3.63, 3.8) is 0 Å². The maximum Gasteiger partial charge on any atom is 0.261 e. The van der Waals surface area contributed by atoms with E-state index in [1.807, 2.05) is 55.5 Å². The molecule has 0 aliphatic carbocycles. The number of ether oxygens (including phenoxy) is 1. The molecule has 0 spiro atoms. The first-order valence-corrected chi connectivity index (χ1v) is 12.4. The molecular formula is C29H26ClN5O3. The molecule has 38 heavy (non-hydrogen) atoms. The van der Waals surface area contributed by atoms with Gasteiger partial charge < -0.3 is 20.7 Å². The number of benzene rings is 3. The van der Waals surface area contributed by atoms with Crippen molar-refractivity contribution in [2.45, 2.75) is 19.9 Å². The third kappa shape index (κ3) is 4.86. The number of allylic oxidation sites excluding steroid dienone is 1. The van der Waals surface area contributed by atoms with E-state index in [4.69, 9.17) is 16.3 Å². The van der Waals surface area contributed by atoms with Crippen LogP contribution in [0.4, 0.5) is 17.2 Å². The number of fused-ring (bicyclic) bond motifs is 1. The van der Waals surface area contributed by atoms with Gasteiger partial charge in [0.2, 0.25) is 0 Å². The van der Waals surface area contributed by atoms with Crippen molar-refractivity contribution in [3.8, 4) is 5.75 Å². The number of nitrogens with one attached hydrogen (secondary N) is 3. The van der Waals surface area contributed by atoms with Crippen LogP contribution < -0.4 is 20.7 Å². The van der Waals surface area contributed by atoms with E-state index in [0.29, 0.717) is 44.8 Å². The molecule has 0 radical (unpaired) electrons. The summed E-state index contributed by atoms with van der Waals surface area (Å²) >= 11 is 6.34. The second-order valence-corrected chi connectivity index (χ2v) is 9.38. The minimum absolute atomic E-state index is 0.317. The Bertz CT molecular complexity index is 1560. The number of aryl methyl sites for hydroxylation is 1. The number of hydrogen-bond donors (Lipinski definition) is 3. The summed E-state index contributed by atoms with van der Waals surface area (Å²) in [5.41, 5.74) is 4.41. The van der Waals surface area contributed by atoms with Crippen LogP contribution in [-0.2, 0) is 4.79 Å². The van der Waals surface area contributed by atoms with Gasteiger partial charge in [0, 0.05) is 16.4 Å². The summed E-state index contributed by atoms with van der Waals surface area (Å²) in [5, 5.41) is 14.2. The Morgan fingerprint density at radius 1 is 0.974 bits per heavy atom.